The maximum Gasteiger partial charge on any atom is 0.408 e. The molecule has 0 aliphatic carbocycles. The molecule has 0 saturated heterocycles. The number of carbonyl (C=O) groups excluding carboxylic acids is 4. The lowest BCUT2D eigenvalue weighted by atomic mass is 10.0. The van der Waals surface area contributed by atoms with Crippen molar-refractivity contribution in [3.63, 3.8) is 0 Å². The number of carbonyl (C=O) groups is 4. The molecule has 0 bridgehead atoms. The Hall–Kier alpha value is -5.35. The lowest BCUT2D eigenvalue weighted by molar-refractivity contribution is -0.130. The van der Waals surface area contributed by atoms with E-state index in [1.54, 1.807) is 6.20 Å². The molecule has 1 aromatic heterocycles. The predicted octanol–water partition coefficient (Wildman–Crippen LogP) is 4.23. The summed E-state index contributed by atoms with van der Waals surface area (Å²) in [5.41, 5.74) is 9.36. The second kappa shape index (κ2) is 15.1. The third-order valence-corrected chi connectivity index (χ3v) is 7.94. The lowest BCUT2D eigenvalue weighted by Gasteiger charge is -2.23. The van der Waals surface area contributed by atoms with Gasteiger partial charge < -0.3 is 31.4 Å². The van der Waals surface area contributed by atoms with E-state index in [4.69, 9.17) is 22.1 Å². The second-order valence-electron chi connectivity index (χ2n) is 10.9. The number of rotatable bonds is 13. The van der Waals surface area contributed by atoms with Crippen molar-refractivity contribution in [1.82, 2.24) is 20.9 Å². The van der Waals surface area contributed by atoms with Crippen molar-refractivity contribution in [1.29, 1.82) is 0 Å². The summed E-state index contributed by atoms with van der Waals surface area (Å²) in [5, 5.41) is 10.8. The summed E-state index contributed by atoms with van der Waals surface area (Å²) >= 11 is 5.92. The molecule has 0 aliphatic rings. The zero-order valence-electron chi connectivity index (χ0n) is 24.9. The first-order valence-corrected chi connectivity index (χ1v) is 15.3. The summed E-state index contributed by atoms with van der Waals surface area (Å²) in [5.74, 6) is -1.60. The van der Waals surface area contributed by atoms with Crippen LogP contribution in [0.5, 0.6) is 0 Å². The Morgan fingerprint density at radius 1 is 0.739 bits per heavy atom. The lowest BCUT2D eigenvalue weighted by Crippen LogP contribution is -2.55. The molecule has 0 radical (unpaired) electrons. The van der Waals surface area contributed by atoms with E-state index >= 15 is 0 Å². The van der Waals surface area contributed by atoms with Crippen LogP contribution < -0.4 is 21.7 Å². The monoisotopic (exact) mass is 639 g/mol. The van der Waals surface area contributed by atoms with Gasteiger partial charge in [-0.15, -0.1) is 11.6 Å². The molecule has 0 fully saturated rings. The van der Waals surface area contributed by atoms with E-state index in [9.17, 15) is 19.2 Å². The topological polar surface area (TPSA) is 155 Å². The van der Waals surface area contributed by atoms with Gasteiger partial charge in [0.1, 0.15) is 18.7 Å². The smallest absolute Gasteiger partial charge is 0.408 e. The zero-order chi connectivity index (χ0) is 32.5. The van der Waals surface area contributed by atoms with Gasteiger partial charge in [0.05, 0.1) is 6.54 Å². The van der Waals surface area contributed by atoms with Crippen LogP contribution in [-0.4, -0.2) is 47.4 Å². The third kappa shape index (κ3) is 8.22. The molecule has 5 rings (SSSR count). The summed E-state index contributed by atoms with van der Waals surface area (Å²) < 4.78 is 5.58. The number of para-hydroxylation sites is 1. The third-order valence-electron chi connectivity index (χ3n) is 7.63. The number of nitrogens with one attached hydrogen (secondary N) is 4. The molecule has 4 amide bonds. The van der Waals surface area contributed by atoms with E-state index in [-0.39, 0.29) is 19.4 Å². The van der Waals surface area contributed by atoms with Crippen molar-refractivity contribution in [3.05, 3.63) is 119 Å². The van der Waals surface area contributed by atoms with Crippen molar-refractivity contribution in [2.45, 2.75) is 37.4 Å². The van der Waals surface area contributed by atoms with Crippen LogP contribution in [0.25, 0.3) is 21.7 Å². The van der Waals surface area contributed by atoms with Gasteiger partial charge in [0.2, 0.25) is 17.7 Å². The van der Waals surface area contributed by atoms with E-state index in [0.717, 1.165) is 43.9 Å². The zero-order valence-corrected chi connectivity index (χ0v) is 25.7. The molecule has 1 heterocycles. The number of ether oxygens (including phenoxy) is 1. The van der Waals surface area contributed by atoms with Gasteiger partial charge in [-0.05, 0) is 39.1 Å². The molecule has 2 atom stereocenters. The summed E-state index contributed by atoms with van der Waals surface area (Å²) in [6, 6.07) is 26.2. The van der Waals surface area contributed by atoms with E-state index in [2.05, 4.69) is 20.9 Å². The number of alkyl halides is 1. The van der Waals surface area contributed by atoms with Gasteiger partial charge >= 0.3 is 6.09 Å². The van der Waals surface area contributed by atoms with Crippen molar-refractivity contribution >= 4 is 57.1 Å². The highest BCUT2D eigenvalue weighted by atomic mass is 35.5. The number of fused-ring (bicyclic) bond motifs is 2. The predicted molar refractivity (Wildman–Crippen MR) is 177 cm³/mol. The van der Waals surface area contributed by atoms with Crippen LogP contribution in [0.15, 0.2) is 97.2 Å². The van der Waals surface area contributed by atoms with Gasteiger partial charge in [-0.2, -0.15) is 0 Å². The maximum absolute atomic E-state index is 13.9. The molecular weight excluding hydrogens is 606 g/mol. The molecule has 5 aromatic rings. The van der Waals surface area contributed by atoms with Crippen LogP contribution in [0.2, 0.25) is 0 Å². The Balaban J connectivity index is 1.36. The Bertz CT molecular complexity index is 1850. The molecule has 10 nitrogen and oxygen atoms in total. The van der Waals surface area contributed by atoms with Crippen molar-refractivity contribution in [2.24, 2.45) is 5.73 Å². The van der Waals surface area contributed by atoms with Gasteiger partial charge in [0.15, 0.2) is 0 Å². The Morgan fingerprint density at radius 2 is 1.41 bits per heavy atom. The Labute approximate surface area is 270 Å². The Kier molecular flexibility index (Phi) is 10.5. The van der Waals surface area contributed by atoms with E-state index in [1.165, 1.54) is 0 Å². The molecule has 11 heteroatoms. The van der Waals surface area contributed by atoms with E-state index in [1.807, 2.05) is 91.0 Å². The normalized spacial score (nSPS) is 12.3. The van der Waals surface area contributed by atoms with Crippen molar-refractivity contribution in [3.8, 4) is 0 Å². The highest BCUT2D eigenvalue weighted by Gasteiger charge is 2.28. The second-order valence-corrected chi connectivity index (χ2v) is 11.1. The minimum atomic E-state index is -1.11. The summed E-state index contributed by atoms with van der Waals surface area (Å²) in [6.07, 6.45) is 1.21. The van der Waals surface area contributed by atoms with Gasteiger partial charge in [-0.3, -0.25) is 14.4 Å². The number of benzene rings is 4. The number of nitrogens with two attached hydrogens (primary N) is 1. The van der Waals surface area contributed by atoms with Gasteiger partial charge in [0.25, 0.3) is 0 Å². The molecule has 0 aliphatic heterocycles. The molecule has 6 N–H and O–H groups in total. The van der Waals surface area contributed by atoms with Crippen LogP contribution in [-0.2, 0) is 44.4 Å². The van der Waals surface area contributed by atoms with Crippen LogP contribution in [0, 0.1) is 0 Å². The maximum atomic E-state index is 13.9. The van der Waals surface area contributed by atoms with Gasteiger partial charge in [-0.25, -0.2) is 4.79 Å². The van der Waals surface area contributed by atoms with Crippen molar-refractivity contribution in [2.75, 3.05) is 6.54 Å². The molecule has 236 valence electrons. The van der Waals surface area contributed by atoms with Crippen LogP contribution in [0.3, 0.4) is 0 Å². The fourth-order valence-electron chi connectivity index (χ4n) is 5.25. The molecule has 0 saturated carbocycles. The first-order chi connectivity index (χ1) is 22.3. The summed E-state index contributed by atoms with van der Waals surface area (Å²) in [6.45, 7) is -0.404. The first-order valence-electron chi connectivity index (χ1n) is 14.8. The quantitative estimate of drug-likeness (QED) is 0.122. The van der Waals surface area contributed by atoms with Gasteiger partial charge in [0, 0.05) is 35.8 Å². The molecule has 46 heavy (non-hydrogen) atoms. The highest BCUT2D eigenvalue weighted by molar-refractivity contribution is 6.17. The minimum absolute atomic E-state index is 0.00887. The highest BCUT2D eigenvalue weighted by Crippen LogP contribution is 2.21. The van der Waals surface area contributed by atoms with Crippen LogP contribution in [0.1, 0.15) is 22.3 Å². The number of amides is 4. The number of H-pyrrole nitrogens is 1. The van der Waals surface area contributed by atoms with Gasteiger partial charge in [-0.1, -0.05) is 84.9 Å². The molecular formula is C35H34ClN5O5. The average molecular weight is 640 g/mol. The number of alkyl carbamates (subject to hydrolysis) is 1. The van der Waals surface area contributed by atoms with Crippen LogP contribution in [0.4, 0.5) is 4.79 Å². The number of halogens is 1. The number of hydrogen-bond acceptors (Lipinski definition) is 5. The fourth-order valence-corrected chi connectivity index (χ4v) is 5.43. The van der Waals surface area contributed by atoms with Crippen molar-refractivity contribution < 1.29 is 23.9 Å². The van der Waals surface area contributed by atoms with E-state index < -0.39 is 42.4 Å². The molecule has 0 spiro atoms. The largest absolute Gasteiger partial charge is 0.445 e. The molecule has 4 aromatic carbocycles. The SMILES string of the molecule is NC(=O)CNC(=O)[C@H](Cc1ccc(CCl)cc1)NC(=O)[C@H](Cc1c[nH]c2ccccc12)NC(=O)OCc1cccc2ccccc12. The number of hydrogen-bond donors (Lipinski definition) is 5. The first kappa shape index (κ1) is 32.1. The number of aromatic amines is 1. The number of primary amides is 1. The van der Waals surface area contributed by atoms with Crippen LogP contribution >= 0.6 is 11.6 Å². The Morgan fingerprint density at radius 3 is 2.17 bits per heavy atom. The average Bonchev–Trinajstić information content (AvgIpc) is 3.48. The fraction of sp³-hybridized carbons (Fsp3) is 0.200. The number of aromatic nitrogens is 1. The summed E-state index contributed by atoms with van der Waals surface area (Å²) in [7, 11) is 0. The molecule has 0 unspecified atom stereocenters. The van der Waals surface area contributed by atoms with E-state index in [0.29, 0.717) is 5.88 Å². The minimum Gasteiger partial charge on any atom is -0.445 e. The standard InChI is InChI=1S/C35H34ClN5O5/c36-18-23-14-12-22(13-15-23)16-30(33(43)39-20-32(37)42)40-34(44)31(17-26-19-38-29-11-4-3-10-28(26)29)41-35(45)46-21-25-8-5-7-24-6-1-2-9-27(24)25/h1-15,19,30-31,38H,16-18,20-21H2,(H2,37,42)(H,39,43)(H,40,44)(H,41,45)/t30-,31-/m0/s1. The summed E-state index contributed by atoms with van der Waals surface area (Å²) in [4.78, 5) is 54.7.